The van der Waals surface area contributed by atoms with Crippen molar-refractivity contribution in [2.45, 2.75) is 25.0 Å². The number of ether oxygens (including phenoxy) is 1. The molecule has 4 N–H and O–H groups in total. The van der Waals surface area contributed by atoms with E-state index in [2.05, 4.69) is 17.5 Å². The second-order valence-electron chi connectivity index (χ2n) is 5.35. The molecule has 0 spiro atoms. The molecule has 1 aliphatic rings. The molecule has 0 amide bonds. The average Bonchev–Trinajstić information content (AvgIpc) is 2.48. The number of nitrogens with one attached hydrogen (secondary N) is 1. The highest BCUT2D eigenvalue weighted by atomic mass is 31.2. The molecule has 2 rings (SSSR count). The fourth-order valence-electron chi connectivity index (χ4n) is 2.55. The molecule has 0 saturated carbocycles. The zero-order valence-electron chi connectivity index (χ0n) is 12.1. The molecular formula is C15H23NO4P+. The molecule has 2 atom stereocenters. The van der Waals surface area contributed by atoms with Crippen molar-refractivity contribution in [2.24, 2.45) is 5.92 Å². The second-order valence-corrected chi connectivity index (χ2v) is 7.10. The molecule has 5 nitrogen and oxygen atoms in total. The molecule has 0 radical (unpaired) electrons. The first-order valence-electron chi connectivity index (χ1n) is 7.10. The van der Waals surface area contributed by atoms with Gasteiger partial charge in [0.2, 0.25) is 5.78 Å². The summed E-state index contributed by atoms with van der Waals surface area (Å²) in [6.07, 6.45) is 7.43. The van der Waals surface area contributed by atoms with Crippen LogP contribution in [0.5, 0.6) is 5.75 Å². The van der Waals surface area contributed by atoms with Crippen LogP contribution in [0.3, 0.4) is 0 Å². The summed E-state index contributed by atoms with van der Waals surface area (Å²) in [4.78, 5) is 29.1. The summed E-state index contributed by atoms with van der Waals surface area (Å²) in [5.74, 6) is 0.296. The first-order chi connectivity index (χ1) is 10.0. The Kier molecular flexibility index (Phi) is 5.73. The maximum Gasteiger partial charge on any atom is 0.427 e. The van der Waals surface area contributed by atoms with E-state index in [9.17, 15) is 14.7 Å². The summed E-state index contributed by atoms with van der Waals surface area (Å²) < 4.78 is 5.08. The standard InChI is InChI=1S/C15H23NO4P/c1-20-14-9-7-13(8-10-14)15(21(17,18)19)16-11-12-5-3-2-4-6-12/h2-3,7-10,12,15-19H,4-6,11H2,1H3/q+1. The van der Waals surface area contributed by atoms with Gasteiger partial charge >= 0.3 is 7.94 Å². The van der Waals surface area contributed by atoms with Crippen molar-refractivity contribution >= 4 is 7.94 Å². The normalized spacial score (nSPS) is 20.3. The van der Waals surface area contributed by atoms with Gasteiger partial charge in [0.1, 0.15) is 5.75 Å². The highest BCUT2D eigenvalue weighted by Crippen LogP contribution is 2.57. The Morgan fingerprint density at radius 1 is 1.24 bits per heavy atom. The molecule has 1 aromatic rings. The Morgan fingerprint density at radius 2 is 1.95 bits per heavy atom. The third kappa shape index (κ3) is 4.77. The smallest absolute Gasteiger partial charge is 0.427 e. The highest BCUT2D eigenvalue weighted by molar-refractivity contribution is 7.58. The van der Waals surface area contributed by atoms with E-state index in [4.69, 9.17) is 4.74 Å². The van der Waals surface area contributed by atoms with Crippen molar-refractivity contribution in [3.63, 3.8) is 0 Å². The van der Waals surface area contributed by atoms with Crippen LogP contribution in [-0.2, 0) is 0 Å². The summed E-state index contributed by atoms with van der Waals surface area (Å²) in [6.45, 7) is 0.643. The van der Waals surface area contributed by atoms with Crippen molar-refractivity contribution in [3.8, 4) is 5.75 Å². The van der Waals surface area contributed by atoms with E-state index in [-0.39, 0.29) is 0 Å². The molecule has 6 heteroatoms. The van der Waals surface area contributed by atoms with Crippen molar-refractivity contribution in [1.29, 1.82) is 0 Å². The topological polar surface area (TPSA) is 82.0 Å². The number of rotatable bonds is 6. The molecule has 1 aliphatic carbocycles. The Balaban J connectivity index is 2.05. The average molecular weight is 312 g/mol. The summed E-state index contributed by atoms with van der Waals surface area (Å²) in [5, 5.41) is 3.11. The lowest BCUT2D eigenvalue weighted by Gasteiger charge is -2.23. The van der Waals surface area contributed by atoms with E-state index in [0.29, 0.717) is 23.8 Å². The third-order valence-electron chi connectivity index (χ3n) is 3.76. The zero-order chi connectivity index (χ0) is 15.3. The fourth-order valence-corrected chi connectivity index (χ4v) is 3.47. The van der Waals surface area contributed by atoms with Gasteiger partial charge in [0.05, 0.1) is 7.11 Å². The second kappa shape index (κ2) is 7.34. The molecule has 0 bridgehead atoms. The van der Waals surface area contributed by atoms with Gasteiger partial charge in [0.15, 0.2) is 0 Å². The van der Waals surface area contributed by atoms with Crippen molar-refractivity contribution < 1.29 is 19.4 Å². The zero-order valence-corrected chi connectivity index (χ0v) is 13.0. The predicted octanol–water partition coefficient (Wildman–Crippen LogP) is 2.38. The Labute approximate surface area is 125 Å². The quantitative estimate of drug-likeness (QED) is 0.479. The monoisotopic (exact) mass is 312 g/mol. The molecule has 0 saturated heterocycles. The lowest BCUT2D eigenvalue weighted by molar-refractivity contribution is 0.299. The Morgan fingerprint density at radius 3 is 2.48 bits per heavy atom. The number of allylic oxidation sites excluding steroid dienone is 2. The molecule has 1 aromatic carbocycles. The minimum atomic E-state index is -4.01. The first kappa shape index (κ1) is 16.4. The van der Waals surface area contributed by atoms with Crippen LogP contribution in [-0.4, -0.2) is 28.3 Å². The van der Waals surface area contributed by atoms with Crippen molar-refractivity contribution in [1.82, 2.24) is 5.32 Å². The largest absolute Gasteiger partial charge is 0.497 e. The van der Waals surface area contributed by atoms with E-state index < -0.39 is 13.7 Å². The van der Waals surface area contributed by atoms with Crippen LogP contribution >= 0.6 is 7.94 Å². The van der Waals surface area contributed by atoms with E-state index in [1.54, 1.807) is 31.4 Å². The lowest BCUT2D eigenvalue weighted by atomic mass is 9.94. The molecular weight excluding hydrogens is 289 g/mol. The van der Waals surface area contributed by atoms with Gasteiger partial charge in [-0.2, -0.15) is 14.7 Å². The van der Waals surface area contributed by atoms with E-state index >= 15 is 0 Å². The van der Waals surface area contributed by atoms with Crippen LogP contribution in [0.4, 0.5) is 0 Å². The molecule has 21 heavy (non-hydrogen) atoms. The number of hydrogen-bond acceptors (Lipinski definition) is 5. The van der Waals surface area contributed by atoms with Crippen LogP contribution in [0.2, 0.25) is 0 Å². The van der Waals surface area contributed by atoms with Crippen LogP contribution < -0.4 is 10.1 Å². The van der Waals surface area contributed by atoms with Gasteiger partial charge in [-0.05, 0) is 49.4 Å². The Bertz CT molecular complexity index is 470. The van der Waals surface area contributed by atoms with Gasteiger partial charge in [-0.1, -0.05) is 12.2 Å². The van der Waals surface area contributed by atoms with E-state index in [1.807, 2.05) is 0 Å². The van der Waals surface area contributed by atoms with Crippen molar-refractivity contribution in [3.05, 3.63) is 42.0 Å². The molecule has 0 aromatic heterocycles. The Hall–Kier alpha value is -0.970. The third-order valence-corrected chi connectivity index (χ3v) is 4.93. The van der Waals surface area contributed by atoms with Crippen LogP contribution in [0.15, 0.2) is 36.4 Å². The summed E-state index contributed by atoms with van der Waals surface area (Å²) >= 11 is 0. The molecule has 2 unspecified atom stereocenters. The molecule has 0 fully saturated rings. The molecule has 0 aliphatic heterocycles. The van der Waals surface area contributed by atoms with Crippen molar-refractivity contribution in [2.75, 3.05) is 13.7 Å². The lowest BCUT2D eigenvalue weighted by Crippen LogP contribution is -2.29. The van der Waals surface area contributed by atoms with Crippen LogP contribution in [0.1, 0.15) is 30.6 Å². The van der Waals surface area contributed by atoms with Gasteiger partial charge in [0.25, 0.3) is 0 Å². The maximum absolute atomic E-state index is 9.70. The van der Waals surface area contributed by atoms with E-state index in [1.165, 1.54) is 0 Å². The van der Waals surface area contributed by atoms with Gasteiger partial charge in [-0.3, -0.25) is 5.32 Å². The first-order valence-corrected chi connectivity index (χ1v) is 8.81. The fraction of sp³-hybridized carbons (Fsp3) is 0.467. The maximum atomic E-state index is 9.70. The molecule has 116 valence electrons. The SMILES string of the molecule is COc1ccc(C(NCC2CC=CCC2)[P+](O)(O)O)cc1. The number of benzene rings is 1. The minimum Gasteiger partial charge on any atom is -0.497 e. The minimum absolute atomic E-state index is 0.460. The van der Waals surface area contributed by atoms with Gasteiger partial charge in [-0.25, -0.2) is 0 Å². The van der Waals surface area contributed by atoms with Crippen LogP contribution in [0.25, 0.3) is 0 Å². The summed E-state index contributed by atoms with van der Waals surface area (Å²) in [6, 6.07) is 6.94. The summed E-state index contributed by atoms with van der Waals surface area (Å²) in [5.41, 5.74) is 0.642. The highest BCUT2D eigenvalue weighted by Gasteiger charge is 2.44. The predicted molar refractivity (Wildman–Crippen MR) is 83.8 cm³/mol. The van der Waals surface area contributed by atoms with E-state index in [0.717, 1.165) is 19.3 Å². The van der Waals surface area contributed by atoms with Gasteiger partial charge < -0.3 is 4.74 Å². The number of hydrogen-bond donors (Lipinski definition) is 4. The summed E-state index contributed by atoms with van der Waals surface area (Å²) in [7, 11) is -2.44. The van der Waals surface area contributed by atoms with Crippen LogP contribution in [0, 0.1) is 5.92 Å². The molecule has 0 heterocycles. The number of methoxy groups -OCH3 is 1. The van der Waals surface area contributed by atoms with Gasteiger partial charge in [0, 0.05) is 12.1 Å². The van der Waals surface area contributed by atoms with Gasteiger partial charge in [-0.15, -0.1) is 0 Å².